The molecule has 2 aromatic rings. The summed E-state index contributed by atoms with van der Waals surface area (Å²) in [5.41, 5.74) is 2.63. The van der Waals surface area contributed by atoms with Crippen molar-refractivity contribution in [3.63, 3.8) is 0 Å². The quantitative estimate of drug-likeness (QED) is 0.775. The van der Waals surface area contributed by atoms with Gasteiger partial charge in [0.05, 0.1) is 0 Å². The summed E-state index contributed by atoms with van der Waals surface area (Å²) in [6.45, 7) is 5.45. The van der Waals surface area contributed by atoms with Crippen molar-refractivity contribution in [2.75, 3.05) is 0 Å². The molecule has 17 heavy (non-hydrogen) atoms. The summed E-state index contributed by atoms with van der Waals surface area (Å²) in [5, 5.41) is 4.95. The van der Waals surface area contributed by atoms with Crippen molar-refractivity contribution in [1.29, 1.82) is 0 Å². The van der Waals surface area contributed by atoms with Crippen LogP contribution in [0.15, 0.2) is 30.5 Å². The van der Waals surface area contributed by atoms with E-state index in [0.29, 0.717) is 6.04 Å². The Kier molecular flexibility index (Phi) is 4.21. The standard InChI is InChI=1S/C15H22N2/c1-3-6-14(4-2)17-11-13-8-5-7-12-9-10-16-15(12)13/h5,7-10,14,16-17H,3-4,6,11H2,1-2H3. The first-order valence-electron chi connectivity index (χ1n) is 6.63. The highest BCUT2D eigenvalue weighted by atomic mass is 14.9. The van der Waals surface area contributed by atoms with Crippen LogP contribution in [0.1, 0.15) is 38.7 Å². The van der Waals surface area contributed by atoms with Gasteiger partial charge in [-0.25, -0.2) is 0 Å². The van der Waals surface area contributed by atoms with Crippen LogP contribution < -0.4 is 5.32 Å². The predicted molar refractivity (Wildman–Crippen MR) is 74.1 cm³/mol. The summed E-state index contributed by atoms with van der Waals surface area (Å²) in [6.07, 6.45) is 5.72. The summed E-state index contributed by atoms with van der Waals surface area (Å²) in [6, 6.07) is 9.25. The lowest BCUT2D eigenvalue weighted by molar-refractivity contribution is 0.463. The van der Waals surface area contributed by atoms with Gasteiger partial charge in [0.2, 0.25) is 0 Å². The van der Waals surface area contributed by atoms with E-state index in [1.165, 1.54) is 35.7 Å². The largest absolute Gasteiger partial charge is 0.361 e. The van der Waals surface area contributed by atoms with E-state index in [9.17, 15) is 0 Å². The van der Waals surface area contributed by atoms with Gasteiger partial charge < -0.3 is 10.3 Å². The van der Waals surface area contributed by atoms with E-state index in [0.717, 1.165) is 6.54 Å². The molecule has 0 aliphatic heterocycles. The van der Waals surface area contributed by atoms with Crippen LogP contribution in [0, 0.1) is 0 Å². The number of hydrogen-bond acceptors (Lipinski definition) is 1. The number of H-pyrrole nitrogens is 1. The zero-order chi connectivity index (χ0) is 12.1. The maximum atomic E-state index is 3.65. The third kappa shape index (κ3) is 2.89. The number of aromatic nitrogens is 1. The molecule has 0 spiro atoms. The highest BCUT2D eigenvalue weighted by Crippen LogP contribution is 2.17. The highest BCUT2D eigenvalue weighted by molar-refractivity contribution is 5.82. The second-order valence-corrected chi connectivity index (χ2v) is 4.63. The first-order valence-corrected chi connectivity index (χ1v) is 6.63. The molecule has 0 bridgehead atoms. The average molecular weight is 230 g/mol. The molecule has 1 aromatic heterocycles. The smallest absolute Gasteiger partial charge is 0.0499 e. The minimum absolute atomic E-state index is 0.644. The summed E-state index contributed by atoms with van der Waals surface area (Å²) < 4.78 is 0. The van der Waals surface area contributed by atoms with E-state index in [2.05, 4.69) is 48.4 Å². The van der Waals surface area contributed by atoms with E-state index in [4.69, 9.17) is 0 Å². The van der Waals surface area contributed by atoms with Crippen molar-refractivity contribution in [3.05, 3.63) is 36.0 Å². The van der Waals surface area contributed by atoms with Crippen molar-refractivity contribution in [1.82, 2.24) is 10.3 Å². The van der Waals surface area contributed by atoms with Crippen LogP contribution in [0.5, 0.6) is 0 Å². The monoisotopic (exact) mass is 230 g/mol. The molecule has 0 saturated heterocycles. The SMILES string of the molecule is CCCC(CC)NCc1cccc2cc[nH]c12. The van der Waals surface area contributed by atoms with Gasteiger partial charge in [0.15, 0.2) is 0 Å². The number of hydrogen-bond donors (Lipinski definition) is 2. The molecule has 0 amide bonds. The Morgan fingerprint density at radius 2 is 2.12 bits per heavy atom. The summed E-state index contributed by atoms with van der Waals surface area (Å²) in [7, 11) is 0. The zero-order valence-electron chi connectivity index (χ0n) is 10.8. The molecule has 2 rings (SSSR count). The molecule has 1 unspecified atom stereocenters. The van der Waals surface area contributed by atoms with Crippen molar-refractivity contribution in [3.8, 4) is 0 Å². The number of rotatable bonds is 6. The van der Waals surface area contributed by atoms with Crippen LogP contribution in [0.2, 0.25) is 0 Å². The molecule has 0 radical (unpaired) electrons. The fourth-order valence-electron chi connectivity index (χ4n) is 2.35. The van der Waals surface area contributed by atoms with E-state index in [1.807, 2.05) is 6.20 Å². The first kappa shape index (κ1) is 12.2. The number of para-hydroxylation sites is 1. The lowest BCUT2D eigenvalue weighted by Crippen LogP contribution is -2.27. The van der Waals surface area contributed by atoms with Crippen molar-refractivity contribution in [2.24, 2.45) is 0 Å². The predicted octanol–water partition coefficient (Wildman–Crippen LogP) is 3.84. The molecule has 2 N–H and O–H groups in total. The maximum Gasteiger partial charge on any atom is 0.0499 e. The molecular formula is C15H22N2. The average Bonchev–Trinajstić information content (AvgIpc) is 2.83. The minimum Gasteiger partial charge on any atom is -0.361 e. The normalized spacial score (nSPS) is 13.1. The number of aromatic amines is 1. The fourth-order valence-corrected chi connectivity index (χ4v) is 2.35. The molecule has 1 aromatic carbocycles. The van der Waals surface area contributed by atoms with Crippen LogP contribution in [0.3, 0.4) is 0 Å². The molecule has 1 atom stereocenters. The Morgan fingerprint density at radius 3 is 2.88 bits per heavy atom. The molecule has 0 saturated carbocycles. The van der Waals surface area contributed by atoms with Crippen LogP contribution in [-0.4, -0.2) is 11.0 Å². The Labute approximate surface area is 103 Å². The van der Waals surface area contributed by atoms with Gasteiger partial charge in [-0.3, -0.25) is 0 Å². The summed E-state index contributed by atoms with van der Waals surface area (Å²) in [5.74, 6) is 0. The Hall–Kier alpha value is -1.28. The number of nitrogens with one attached hydrogen (secondary N) is 2. The minimum atomic E-state index is 0.644. The van der Waals surface area contributed by atoms with E-state index in [1.54, 1.807) is 0 Å². The fraction of sp³-hybridized carbons (Fsp3) is 0.467. The van der Waals surface area contributed by atoms with Gasteiger partial charge in [-0.15, -0.1) is 0 Å². The van der Waals surface area contributed by atoms with Gasteiger partial charge >= 0.3 is 0 Å². The summed E-state index contributed by atoms with van der Waals surface area (Å²) in [4.78, 5) is 3.32. The van der Waals surface area contributed by atoms with Crippen LogP contribution in [-0.2, 0) is 6.54 Å². The van der Waals surface area contributed by atoms with Crippen LogP contribution >= 0.6 is 0 Å². The van der Waals surface area contributed by atoms with E-state index < -0.39 is 0 Å². The number of benzene rings is 1. The molecule has 0 fully saturated rings. The lowest BCUT2D eigenvalue weighted by Gasteiger charge is -2.16. The Morgan fingerprint density at radius 1 is 1.24 bits per heavy atom. The first-order chi connectivity index (χ1) is 8.35. The Balaban J connectivity index is 2.05. The van der Waals surface area contributed by atoms with Gasteiger partial charge in [0, 0.05) is 24.3 Å². The molecule has 2 heteroatoms. The van der Waals surface area contributed by atoms with Gasteiger partial charge in [-0.1, -0.05) is 38.5 Å². The number of fused-ring (bicyclic) bond motifs is 1. The second-order valence-electron chi connectivity index (χ2n) is 4.63. The molecule has 0 aliphatic carbocycles. The van der Waals surface area contributed by atoms with Crippen molar-refractivity contribution < 1.29 is 0 Å². The highest BCUT2D eigenvalue weighted by Gasteiger charge is 2.06. The third-order valence-corrected chi connectivity index (χ3v) is 3.38. The lowest BCUT2D eigenvalue weighted by atomic mass is 10.1. The second kappa shape index (κ2) is 5.87. The Bertz CT molecular complexity index is 459. The molecule has 92 valence electrons. The van der Waals surface area contributed by atoms with Gasteiger partial charge in [0.25, 0.3) is 0 Å². The van der Waals surface area contributed by atoms with E-state index >= 15 is 0 Å². The van der Waals surface area contributed by atoms with Crippen LogP contribution in [0.25, 0.3) is 10.9 Å². The van der Waals surface area contributed by atoms with Gasteiger partial charge in [0.1, 0.15) is 0 Å². The van der Waals surface area contributed by atoms with E-state index in [-0.39, 0.29) is 0 Å². The molecule has 0 aliphatic rings. The molecular weight excluding hydrogens is 208 g/mol. The van der Waals surface area contributed by atoms with Gasteiger partial charge in [-0.2, -0.15) is 0 Å². The van der Waals surface area contributed by atoms with Crippen molar-refractivity contribution >= 4 is 10.9 Å². The molecule has 2 nitrogen and oxygen atoms in total. The maximum absolute atomic E-state index is 3.65. The van der Waals surface area contributed by atoms with Gasteiger partial charge in [-0.05, 0) is 29.9 Å². The van der Waals surface area contributed by atoms with Crippen molar-refractivity contribution in [2.45, 2.75) is 45.7 Å². The topological polar surface area (TPSA) is 27.8 Å². The van der Waals surface area contributed by atoms with Crippen LogP contribution in [0.4, 0.5) is 0 Å². The zero-order valence-corrected chi connectivity index (χ0v) is 10.8. The molecule has 1 heterocycles. The third-order valence-electron chi connectivity index (χ3n) is 3.38. The summed E-state index contributed by atoms with van der Waals surface area (Å²) >= 11 is 0.